The van der Waals surface area contributed by atoms with Crippen molar-refractivity contribution in [2.75, 3.05) is 12.0 Å². The Morgan fingerprint density at radius 2 is 2.09 bits per heavy atom. The monoisotopic (exact) mass is 304 g/mol. The van der Waals surface area contributed by atoms with Crippen molar-refractivity contribution in [2.45, 2.75) is 19.9 Å². The molecule has 0 radical (unpaired) electrons. The van der Waals surface area contributed by atoms with Crippen LogP contribution in [0.15, 0.2) is 41.0 Å². The molecule has 7 heteroatoms. The molecule has 1 unspecified atom stereocenters. The largest absolute Gasteiger partial charge is 0.467 e. The molecule has 0 N–H and O–H groups in total. The summed E-state index contributed by atoms with van der Waals surface area (Å²) in [4.78, 5) is 24.3. The van der Waals surface area contributed by atoms with E-state index in [-0.39, 0.29) is 5.69 Å². The van der Waals surface area contributed by atoms with E-state index in [1.807, 2.05) is 0 Å². The van der Waals surface area contributed by atoms with E-state index in [2.05, 4.69) is 0 Å². The quantitative estimate of drug-likeness (QED) is 0.479. The van der Waals surface area contributed by atoms with E-state index in [0.29, 0.717) is 17.1 Å². The highest BCUT2D eigenvalue weighted by atomic mass is 16.6. The maximum atomic E-state index is 11.9. The topological polar surface area (TPSA) is 85.8 Å². The second-order valence-electron chi connectivity index (χ2n) is 4.72. The lowest BCUT2D eigenvalue weighted by Crippen LogP contribution is -2.37. The van der Waals surface area contributed by atoms with Crippen LogP contribution < -0.4 is 4.90 Å². The van der Waals surface area contributed by atoms with E-state index in [4.69, 9.17) is 9.15 Å². The van der Waals surface area contributed by atoms with Crippen molar-refractivity contribution in [3.8, 4) is 0 Å². The number of ether oxygens (including phenoxy) is 1. The van der Waals surface area contributed by atoms with Crippen molar-refractivity contribution in [3.05, 3.63) is 52.3 Å². The molecule has 1 aromatic carbocycles. The predicted octanol–water partition coefficient (Wildman–Crippen LogP) is 3.20. The van der Waals surface area contributed by atoms with Gasteiger partial charge in [-0.15, -0.1) is 0 Å². The molecule has 22 heavy (non-hydrogen) atoms. The number of anilines is 2. The van der Waals surface area contributed by atoms with Crippen LogP contribution in [0.1, 0.15) is 12.5 Å². The van der Waals surface area contributed by atoms with Crippen molar-refractivity contribution in [1.82, 2.24) is 0 Å². The molecule has 2 aromatic rings. The van der Waals surface area contributed by atoms with Crippen LogP contribution in [0.4, 0.5) is 17.3 Å². The third-order valence-corrected chi connectivity index (χ3v) is 3.33. The summed E-state index contributed by atoms with van der Waals surface area (Å²) in [6.45, 7) is 3.34. The van der Waals surface area contributed by atoms with Crippen LogP contribution in [0.2, 0.25) is 0 Å². The molecule has 0 amide bonds. The number of hydrogen-bond donors (Lipinski definition) is 0. The van der Waals surface area contributed by atoms with Crippen molar-refractivity contribution in [3.63, 3.8) is 0 Å². The van der Waals surface area contributed by atoms with Gasteiger partial charge in [0.05, 0.1) is 18.3 Å². The van der Waals surface area contributed by atoms with Crippen LogP contribution in [-0.2, 0) is 9.53 Å². The number of aryl methyl sites for hydroxylation is 1. The maximum absolute atomic E-state index is 11.9. The summed E-state index contributed by atoms with van der Waals surface area (Å²) in [5.74, 6) is -0.191. The van der Waals surface area contributed by atoms with Gasteiger partial charge in [-0.3, -0.25) is 15.0 Å². The lowest BCUT2D eigenvalue weighted by atomic mass is 10.1. The number of nitro groups is 1. The Hall–Kier alpha value is -2.83. The number of benzene rings is 1. The van der Waals surface area contributed by atoms with Gasteiger partial charge in [-0.05, 0) is 25.5 Å². The average Bonchev–Trinajstić information content (AvgIpc) is 3.01. The van der Waals surface area contributed by atoms with E-state index >= 15 is 0 Å². The molecule has 1 aromatic heterocycles. The summed E-state index contributed by atoms with van der Waals surface area (Å²) in [6.07, 6.45) is 1.44. The predicted molar refractivity (Wildman–Crippen MR) is 80.2 cm³/mol. The Labute approximate surface area is 127 Å². The highest BCUT2D eigenvalue weighted by molar-refractivity contribution is 5.85. The van der Waals surface area contributed by atoms with Gasteiger partial charge in [0.2, 0.25) is 5.88 Å². The van der Waals surface area contributed by atoms with Crippen molar-refractivity contribution < 1.29 is 18.9 Å². The van der Waals surface area contributed by atoms with Gasteiger partial charge in [0, 0.05) is 12.1 Å². The van der Waals surface area contributed by atoms with E-state index in [1.54, 1.807) is 38.1 Å². The zero-order valence-corrected chi connectivity index (χ0v) is 12.5. The number of hydrogen-bond acceptors (Lipinski definition) is 6. The SMILES string of the molecule is COC(=O)C(C)N(c1ccco1)c1c(C)cccc1[N+](=O)[O-]. The van der Waals surface area contributed by atoms with Gasteiger partial charge < -0.3 is 9.15 Å². The maximum Gasteiger partial charge on any atom is 0.328 e. The summed E-state index contributed by atoms with van der Waals surface area (Å²) in [6, 6.07) is 7.23. The first-order chi connectivity index (χ1) is 10.5. The minimum Gasteiger partial charge on any atom is -0.467 e. The zero-order chi connectivity index (χ0) is 16.3. The summed E-state index contributed by atoms with van der Waals surface area (Å²) in [5.41, 5.74) is 0.855. The Morgan fingerprint density at radius 3 is 2.64 bits per heavy atom. The second-order valence-corrected chi connectivity index (χ2v) is 4.72. The van der Waals surface area contributed by atoms with E-state index in [1.165, 1.54) is 24.3 Å². The van der Waals surface area contributed by atoms with E-state index in [0.717, 1.165) is 0 Å². The fourth-order valence-electron chi connectivity index (χ4n) is 2.28. The third-order valence-electron chi connectivity index (χ3n) is 3.33. The second kappa shape index (κ2) is 6.30. The Balaban J connectivity index is 2.65. The highest BCUT2D eigenvalue weighted by Gasteiger charge is 2.32. The van der Waals surface area contributed by atoms with Gasteiger partial charge in [0.1, 0.15) is 11.7 Å². The summed E-state index contributed by atoms with van der Waals surface area (Å²) in [7, 11) is 1.27. The van der Waals surface area contributed by atoms with Gasteiger partial charge in [-0.25, -0.2) is 4.79 Å². The molecular formula is C15H16N2O5. The Morgan fingerprint density at radius 1 is 1.36 bits per heavy atom. The molecule has 0 saturated carbocycles. The first kappa shape index (κ1) is 15.6. The lowest BCUT2D eigenvalue weighted by molar-refractivity contribution is -0.384. The standard InChI is InChI=1S/C15H16N2O5/c1-10-6-4-7-12(17(19)20)14(10)16(11(2)15(18)21-3)13-8-5-9-22-13/h4-9,11H,1-3H3. The number of para-hydroxylation sites is 1. The molecule has 0 aliphatic heterocycles. The number of carbonyl (C=O) groups is 1. The van der Waals surface area contributed by atoms with Crippen LogP contribution in [0.3, 0.4) is 0 Å². The molecule has 0 spiro atoms. The fraction of sp³-hybridized carbons (Fsp3) is 0.267. The third kappa shape index (κ3) is 2.78. The number of nitro benzene ring substituents is 1. The van der Waals surface area contributed by atoms with Crippen LogP contribution in [0.5, 0.6) is 0 Å². The molecule has 1 atom stereocenters. The fourth-order valence-corrected chi connectivity index (χ4v) is 2.28. The average molecular weight is 304 g/mol. The molecular weight excluding hydrogens is 288 g/mol. The molecule has 0 bridgehead atoms. The van der Waals surface area contributed by atoms with Gasteiger partial charge >= 0.3 is 5.97 Å². The minimum atomic E-state index is -0.782. The smallest absolute Gasteiger partial charge is 0.328 e. The van der Waals surface area contributed by atoms with Crippen LogP contribution in [-0.4, -0.2) is 24.0 Å². The van der Waals surface area contributed by atoms with E-state index in [9.17, 15) is 14.9 Å². The van der Waals surface area contributed by atoms with Crippen molar-refractivity contribution in [2.24, 2.45) is 0 Å². The summed E-state index contributed by atoms with van der Waals surface area (Å²) < 4.78 is 10.1. The van der Waals surface area contributed by atoms with Gasteiger partial charge in [0.15, 0.2) is 0 Å². The molecule has 2 rings (SSSR count). The number of methoxy groups -OCH3 is 1. The van der Waals surface area contributed by atoms with Crippen molar-refractivity contribution in [1.29, 1.82) is 0 Å². The highest BCUT2D eigenvalue weighted by Crippen LogP contribution is 2.38. The number of nitrogens with zero attached hydrogens (tertiary/aromatic N) is 2. The molecule has 0 aliphatic carbocycles. The van der Waals surface area contributed by atoms with Crippen molar-refractivity contribution >= 4 is 23.2 Å². The molecule has 1 heterocycles. The van der Waals surface area contributed by atoms with Crippen LogP contribution >= 0.6 is 0 Å². The molecule has 0 saturated heterocycles. The number of rotatable bonds is 5. The van der Waals surface area contributed by atoms with E-state index < -0.39 is 16.9 Å². The first-order valence-corrected chi connectivity index (χ1v) is 6.62. The Kier molecular flexibility index (Phi) is 4.45. The molecule has 116 valence electrons. The summed E-state index contributed by atoms with van der Waals surface area (Å²) >= 11 is 0. The normalized spacial score (nSPS) is 11.8. The minimum absolute atomic E-state index is 0.104. The van der Waals surface area contributed by atoms with Crippen LogP contribution in [0, 0.1) is 17.0 Å². The number of esters is 1. The lowest BCUT2D eigenvalue weighted by Gasteiger charge is -2.27. The number of furan rings is 1. The first-order valence-electron chi connectivity index (χ1n) is 6.62. The summed E-state index contributed by atoms with van der Waals surface area (Å²) in [5, 5.41) is 11.3. The zero-order valence-electron chi connectivity index (χ0n) is 12.5. The number of carbonyl (C=O) groups excluding carboxylic acids is 1. The van der Waals surface area contributed by atoms with Crippen LogP contribution in [0.25, 0.3) is 0 Å². The Bertz CT molecular complexity index is 681. The van der Waals surface area contributed by atoms with Gasteiger partial charge in [-0.1, -0.05) is 12.1 Å². The molecule has 7 nitrogen and oxygen atoms in total. The molecule has 0 aliphatic rings. The molecule has 0 fully saturated rings. The van der Waals surface area contributed by atoms with Gasteiger partial charge in [0.25, 0.3) is 5.69 Å². The van der Waals surface area contributed by atoms with Gasteiger partial charge in [-0.2, -0.15) is 0 Å².